The average Bonchev–Trinajstić information content (AvgIpc) is 2.40. The lowest BCUT2D eigenvalue weighted by Crippen LogP contribution is -2.10. The molecule has 0 heterocycles. The molecule has 0 spiro atoms. The Kier molecular flexibility index (Phi) is 4.30. The second-order valence-corrected chi connectivity index (χ2v) is 4.27. The molecule has 2 aromatic rings. The van der Waals surface area contributed by atoms with Gasteiger partial charge in [0.05, 0.1) is 6.42 Å². The Balaban J connectivity index is 1.94. The predicted molar refractivity (Wildman–Crippen MR) is 70.7 cm³/mol. The molecule has 104 valence electrons. The van der Waals surface area contributed by atoms with Gasteiger partial charge in [0.15, 0.2) is 0 Å². The van der Waals surface area contributed by atoms with E-state index in [0.717, 1.165) is 12.1 Å². The van der Waals surface area contributed by atoms with Gasteiger partial charge in [-0.15, -0.1) is 0 Å². The van der Waals surface area contributed by atoms with Crippen molar-refractivity contribution in [1.82, 2.24) is 0 Å². The molecule has 3 nitrogen and oxygen atoms in total. The maximum atomic E-state index is 13.3. The summed E-state index contributed by atoms with van der Waals surface area (Å²) in [4.78, 5) is 11.6. The first-order valence-corrected chi connectivity index (χ1v) is 5.99. The fourth-order valence-corrected chi connectivity index (χ4v) is 1.70. The normalized spacial score (nSPS) is 10.3. The Morgan fingerprint density at radius 3 is 2.55 bits per heavy atom. The molecule has 0 radical (unpaired) electrons. The number of anilines is 1. The quantitative estimate of drug-likeness (QED) is 0.690. The molecule has 0 aliphatic carbocycles. The van der Waals surface area contributed by atoms with Crippen LogP contribution in [0.3, 0.4) is 0 Å². The molecular formula is C15H13F2NO2. The number of ether oxygens (including phenoxy) is 1. The lowest BCUT2D eigenvalue weighted by atomic mass is 10.1. The molecule has 5 heteroatoms. The van der Waals surface area contributed by atoms with Crippen LogP contribution in [0.1, 0.15) is 11.1 Å². The molecule has 0 aromatic heterocycles. The van der Waals surface area contributed by atoms with Gasteiger partial charge in [-0.3, -0.25) is 4.79 Å². The SMILES string of the molecule is Nc1ccccc1CC(=O)OCc1ccc(F)cc1F. The first-order valence-electron chi connectivity index (χ1n) is 5.99. The van der Waals surface area contributed by atoms with E-state index >= 15 is 0 Å². The number of para-hydroxylation sites is 1. The summed E-state index contributed by atoms with van der Waals surface area (Å²) in [6.07, 6.45) is 0.00941. The van der Waals surface area contributed by atoms with E-state index in [9.17, 15) is 13.6 Å². The molecule has 0 aliphatic heterocycles. The third-order valence-electron chi connectivity index (χ3n) is 2.79. The van der Waals surface area contributed by atoms with E-state index in [1.165, 1.54) is 6.07 Å². The highest BCUT2D eigenvalue weighted by molar-refractivity contribution is 5.74. The predicted octanol–water partition coefficient (Wildman–Crippen LogP) is 2.83. The Bertz CT molecular complexity index is 629. The number of nitrogen functional groups attached to an aromatic ring is 1. The Morgan fingerprint density at radius 2 is 1.85 bits per heavy atom. The summed E-state index contributed by atoms with van der Waals surface area (Å²) in [7, 11) is 0. The van der Waals surface area contributed by atoms with E-state index in [2.05, 4.69) is 0 Å². The van der Waals surface area contributed by atoms with Crippen molar-refractivity contribution in [2.24, 2.45) is 0 Å². The summed E-state index contributed by atoms with van der Waals surface area (Å²) in [5.74, 6) is -1.93. The summed E-state index contributed by atoms with van der Waals surface area (Å²) in [5.41, 5.74) is 6.98. The van der Waals surface area contributed by atoms with Gasteiger partial charge in [0, 0.05) is 17.3 Å². The van der Waals surface area contributed by atoms with Gasteiger partial charge in [-0.05, 0) is 23.8 Å². The van der Waals surface area contributed by atoms with Crippen molar-refractivity contribution in [3.8, 4) is 0 Å². The summed E-state index contributed by atoms with van der Waals surface area (Å²) >= 11 is 0. The van der Waals surface area contributed by atoms with Crippen molar-refractivity contribution >= 4 is 11.7 Å². The molecule has 0 aliphatic rings. The zero-order valence-electron chi connectivity index (χ0n) is 10.6. The van der Waals surface area contributed by atoms with Crippen molar-refractivity contribution in [2.75, 3.05) is 5.73 Å². The van der Waals surface area contributed by atoms with Gasteiger partial charge in [0.1, 0.15) is 18.2 Å². The molecule has 0 unspecified atom stereocenters. The summed E-state index contributed by atoms with van der Waals surface area (Å²) in [5, 5.41) is 0. The van der Waals surface area contributed by atoms with E-state index < -0.39 is 17.6 Å². The standard InChI is InChI=1S/C15H13F2NO2/c16-12-6-5-11(13(17)8-12)9-20-15(19)7-10-3-1-2-4-14(10)18/h1-6,8H,7,9,18H2. The first kappa shape index (κ1) is 14.0. The van der Waals surface area contributed by atoms with Gasteiger partial charge >= 0.3 is 5.97 Å². The van der Waals surface area contributed by atoms with Crippen molar-refractivity contribution < 1.29 is 18.3 Å². The second-order valence-electron chi connectivity index (χ2n) is 4.27. The molecule has 0 atom stereocenters. The van der Waals surface area contributed by atoms with Crippen LogP contribution in [0.4, 0.5) is 14.5 Å². The van der Waals surface area contributed by atoms with Crippen molar-refractivity contribution in [3.05, 3.63) is 65.2 Å². The number of hydrogen-bond acceptors (Lipinski definition) is 3. The monoisotopic (exact) mass is 277 g/mol. The zero-order valence-corrected chi connectivity index (χ0v) is 10.6. The van der Waals surface area contributed by atoms with Crippen molar-refractivity contribution in [1.29, 1.82) is 0 Å². The molecule has 2 N–H and O–H groups in total. The van der Waals surface area contributed by atoms with Gasteiger partial charge < -0.3 is 10.5 Å². The molecule has 0 bridgehead atoms. The number of carbonyl (C=O) groups is 1. The van der Waals surface area contributed by atoms with Gasteiger partial charge in [-0.1, -0.05) is 18.2 Å². The minimum atomic E-state index is -0.739. The topological polar surface area (TPSA) is 52.3 Å². The lowest BCUT2D eigenvalue weighted by Gasteiger charge is -2.07. The summed E-state index contributed by atoms with van der Waals surface area (Å²) in [6, 6.07) is 10.0. The highest BCUT2D eigenvalue weighted by atomic mass is 19.1. The van der Waals surface area contributed by atoms with Crippen LogP contribution in [0.2, 0.25) is 0 Å². The zero-order chi connectivity index (χ0) is 14.5. The smallest absolute Gasteiger partial charge is 0.310 e. The maximum absolute atomic E-state index is 13.3. The van der Waals surface area contributed by atoms with Crippen molar-refractivity contribution in [3.63, 3.8) is 0 Å². The molecule has 0 saturated heterocycles. The van der Waals surface area contributed by atoms with Gasteiger partial charge in [-0.25, -0.2) is 8.78 Å². The number of carbonyl (C=O) groups excluding carboxylic acids is 1. The van der Waals surface area contributed by atoms with Crippen LogP contribution in [0, 0.1) is 11.6 Å². The maximum Gasteiger partial charge on any atom is 0.310 e. The highest BCUT2D eigenvalue weighted by Crippen LogP contribution is 2.14. The molecule has 20 heavy (non-hydrogen) atoms. The van der Waals surface area contributed by atoms with E-state index in [4.69, 9.17) is 10.5 Å². The fraction of sp³-hybridized carbons (Fsp3) is 0.133. The van der Waals surface area contributed by atoms with E-state index in [0.29, 0.717) is 11.3 Å². The van der Waals surface area contributed by atoms with Crippen molar-refractivity contribution in [2.45, 2.75) is 13.0 Å². The van der Waals surface area contributed by atoms with Gasteiger partial charge in [0.25, 0.3) is 0 Å². The highest BCUT2D eigenvalue weighted by Gasteiger charge is 2.10. The molecule has 0 fully saturated rings. The second kappa shape index (κ2) is 6.14. The number of halogens is 2. The largest absolute Gasteiger partial charge is 0.460 e. The average molecular weight is 277 g/mol. The van der Waals surface area contributed by atoms with Gasteiger partial charge in [0.2, 0.25) is 0 Å². The molecular weight excluding hydrogens is 264 g/mol. The number of rotatable bonds is 4. The van der Waals surface area contributed by atoms with Crippen LogP contribution in [0.25, 0.3) is 0 Å². The molecule has 0 saturated carbocycles. The molecule has 2 aromatic carbocycles. The number of esters is 1. The Morgan fingerprint density at radius 1 is 1.10 bits per heavy atom. The molecule has 2 rings (SSSR count). The van der Waals surface area contributed by atoms with Crippen LogP contribution in [0.5, 0.6) is 0 Å². The minimum absolute atomic E-state index is 0.00941. The van der Waals surface area contributed by atoms with Gasteiger partial charge in [-0.2, -0.15) is 0 Å². The summed E-state index contributed by atoms with van der Waals surface area (Å²) < 4.78 is 31.0. The van der Waals surface area contributed by atoms with Crippen LogP contribution in [0.15, 0.2) is 42.5 Å². The lowest BCUT2D eigenvalue weighted by molar-refractivity contribution is -0.144. The fourth-order valence-electron chi connectivity index (χ4n) is 1.70. The molecule has 0 amide bonds. The summed E-state index contributed by atoms with van der Waals surface area (Å²) in [6.45, 7) is -0.238. The van der Waals surface area contributed by atoms with Crippen LogP contribution < -0.4 is 5.73 Å². The third kappa shape index (κ3) is 3.54. The third-order valence-corrected chi connectivity index (χ3v) is 2.79. The van der Waals surface area contributed by atoms with E-state index in [-0.39, 0.29) is 18.6 Å². The van der Waals surface area contributed by atoms with E-state index in [1.807, 2.05) is 0 Å². The number of benzene rings is 2. The van der Waals surface area contributed by atoms with Crippen LogP contribution >= 0.6 is 0 Å². The number of nitrogens with two attached hydrogens (primary N) is 1. The minimum Gasteiger partial charge on any atom is -0.460 e. The van der Waals surface area contributed by atoms with E-state index in [1.54, 1.807) is 24.3 Å². The van der Waals surface area contributed by atoms with Crippen LogP contribution in [-0.2, 0) is 22.6 Å². The Hall–Kier alpha value is -2.43. The first-order chi connectivity index (χ1) is 9.56. The number of hydrogen-bond donors (Lipinski definition) is 1. The van der Waals surface area contributed by atoms with Crippen LogP contribution in [-0.4, -0.2) is 5.97 Å². The Labute approximate surface area is 115 Å².